The molecule has 0 aliphatic carbocycles. The molecule has 0 N–H and O–H groups in total. The van der Waals surface area contributed by atoms with Crippen molar-refractivity contribution in [2.75, 3.05) is 0 Å². The van der Waals surface area contributed by atoms with Gasteiger partial charge in [-0.2, -0.15) is 0 Å². The number of hydrogen-bond acceptors (Lipinski definition) is 4. The minimum atomic E-state index is -0.0256. The van der Waals surface area contributed by atoms with Crippen molar-refractivity contribution in [1.82, 2.24) is 4.98 Å². The first kappa shape index (κ1) is 11.6. The Morgan fingerprint density at radius 1 is 1.44 bits per heavy atom. The molecule has 2 heterocycles. The van der Waals surface area contributed by atoms with Gasteiger partial charge < -0.3 is 4.42 Å². The van der Waals surface area contributed by atoms with Gasteiger partial charge >= 0.3 is 0 Å². The van der Waals surface area contributed by atoms with Crippen LogP contribution in [0, 0.1) is 0 Å². The summed E-state index contributed by atoms with van der Waals surface area (Å²) in [5.74, 6) is 0.368. The second-order valence-corrected chi connectivity index (χ2v) is 5.66. The van der Waals surface area contributed by atoms with E-state index >= 15 is 0 Å². The van der Waals surface area contributed by atoms with E-state index in [1.165, 1.54) is 11.3 Å². The number of benzene rings is 1. The summed E-state index contributed by atoms with van der Waals surface area (Å²) in [5.41, 5.74) is 2.43. The molecule has 3 nitrogen and oxygen atoms in total. The summed E-state index contributed by atoms with van der Waals surface area (Å²) >= 11 is 4.88. The molecular formula is C13H8BrNO2S. The van der Waals surface area contributed by atoms with Crippen LogP contribution in [-0.2, 0) is 6.42 Å². The van der Waals surface area contributed by atoms with E-state index in [2.05, 4.69) is 20.9 Å². The third kappa shape index (κ3) is 2.11. The standard InChI is InChI=1S/C13H8BrNO2S/c14-10-3-1-2-8-4-12(17-13(8)10)11(16)5-9-6-15-7-18-9/h1-4,6-7H,5H2. The van der Waals surface area contributed by atoms with Crippen LogP contribution in [0.4, 0.5) is 0 Å². The fourth-order valence-electron chi connectivity index (χ4n) is 1.74. The molecule has 0 saturated heterocycles. The summed E-state index contributed by atoms with van der Waals surface area (Å²) < 4.78 is 6.46. The van der Waals surface area contributed by atoms with Crippen molar-refractivity contribution in [1.29, 1.82) is 0 Å². The number of nitrogens with zero attached hydrogens (tertiary/aromatic N) is 1. The molecule has 3 aromatic rings. The molecule has 1 aromatic carbocycles. The van der Waals surface area contributed by atoms with E-state index < -0.39 is 0 Å². The molecule has 3 rings (SSSR count). The number of aromatic nitrogens is 1. The van der Waals surface area contributed by atoms with Gasteiger partial charge in [0.25, 0.3) is 0 Å². The van der Waals surface area contributed by atoms with Crippen molar-refractivity contribution >= 4 is 44.0 Å². The number of rotatable bonds is 3. The third-order valence-electron chi connectivity index (χ3n) is 2.59. The first-order chi connectivity index (χ1) is 8.74. The highest BCUT2D eigenvalue weighted by Gasteiger charge is 2.14. The summed E-state index contributed by atoms with van der Waals surface area (Å²) in [6.07, 6.45) is 2.04. The van der Waals surface area contributed by atoms with E-state index in [9.17, 15) is 4.79 Å². The predicted octanol–water partition coefficient (Wildman–Crippen LogP) is 4.08. The smallest absolute Gasteiger partial charge is 0.203 e. The number of para-hydroxylation sites is 1. The summed E-state index contributed by atoms with van der Waals surface area (Å²) in [4.78, 5) is 17.0. The zero-order valence-corrected chi connectivity index (χ0v) is 11.6. The van der Waals surface area contributed by atoms with E-state index in [0.29, 0.717) is 17.8 Å². The number of thiazole rings is 1. The minimum absolute atomic E-state index is 0.0256. The van der Waals surface area contributed by atoms with Gasteiger partial charge in [0.1, 0.15) is 5.58 Å². The van der Waals surface area contributed by atoms with Gasteiger partial charge in [-0.25, -0.2) is 0 Å². The van der Waals surface area contributed by atoms with Crippen LogP contribution in [0.2, 0.25) is 0 Å². The van der Waals surface area contributed by atoms with Crippen LogP contribution < -0.4 is 0 Å². The lowest BCUT2D eigenvalue weighted by Crippen LogP contribution is -2.00. The summed E-state index contributed by atoms with van der Waals surface area (Å²) in [7, 11) is 0. The SMILES string of the molecule is O=C(Cc1cncs1)c1cc2cccc(Br)c2o1. The van der Waals surface area contributed by atoms with Crippen LogP contribution in [0.3, 0.4) is 0 Å². The lowest BCUT2D eigenvalue weighted by molar-refractivity contribution is 0.0969. The van der Waals surface area contributed by atoms with E-state index in [0.717, 1.165) is 14.7 Å². The lowest BCUT2D eigenvalue weighted by Gasteiger charge is -1.93. The van der Waals surface area contributed by atoms with E-state index in [1.54, 1.807) is 17.8 Å². The number of fused-ring (bicyclic) bond motifs is 1. The van der Waals surface area contributed by atoms with Crippen molar-refractivity contribution in [2.45, 2.75) is 6.42 Å². The number of halogens is 1. The van der Waals surface area contributed by atoms with Crippen LogP contribution in [-0.4, -0.2) is 10.8 Å². The monoisotopic (exact) mass is 321 g/mol. The molecular weight excluding hydrogens is 314 g/mol. The van der Waals surface area contributed by atoms with Crippen molar-refractivity contribution in [2.24, 2.45) is 0 Å². The normalized spacial score (nSPS) is 10.9. The predicted molar refractivity (Wildman–Crippen MR) is 74.1 cm³/mol. The van der Waals surface area contributed by atoms with Gasteiger partial charge in [0.15, 0.2) is 5.76 Å². The first-order valence-electron chi connectivity index (χ1n) is 5.32. The lowest BCUT2D eigenvalue weighted by atomic mass is 10.2. The number of carbonyl (C=O) groups is 1. The Hall–Kier alpha value is -1.46. The number of ketones is 1. The number of Topliss-reactive ketones (excluding diaryl/α,β-unsaturated/α-hetero) is 1. The van der Waals surface area contributed by atoms with Gasteiger partial charge in [-0.15, -0.1) is 11.3 Å². The van der Waals surface area contributed by atoms with Crippen LogP contribution in [0.15, 0.2) is 44.9 Å². The molecule has 0 spiro atoms. The van der Waals surface area contributed by atoms with Crippen molar-refractivity contribution in [3.05, 3.63) is 51.1 Å². The molecule has 0 fully saturated rings. The fraction of sp³-hybridized carbons (Fsp3) is 0.0769. The maximum Gasteiger partial charge on any atom is 0.203 e. The van der Waals surface area contributed by atoms with Gasteiger partial charge in [-0.3, -0.25) is 9.78 Å². The molecule has 0 bridgehead atoms. The number of furan rings is 1. The van der Waals surface area contributed by atoms with Gasteiger partial charge in [0, 0.05) is 16.5 Å². The van der Waals surface area contributed by atoms with E-state index in [4.69, 9.17) is 4.42 Å². The molecule has 2 aromatic heterocycles. The zero-order valence-electron chi connectivity index (χ0n) is 9.22. The van der Waals surface area contributed by atoms with Crippen molar-refractivity contribution in [3.8, 4) is 0 Å². The largest absolute Gasteiger partial charge is 0.452 e. The Morgan fingerprint density at radius 3 is 3.06 bits per heavy atom. The van der Waals surface area contributed by atoms with Crippen molar-refractivity contribution in [3.63, 3.8) is 0 Å². The Kier molecular flexibility index (Phi) is 3.01. The van der Waals surface area contributed by atoms with Crippen LogP contribution in [0.25, 0.3) is 11.0 Å². The van der Waals surface area contributed by atoms with Crippen LogP contribution >= 0.6 is 27.3 Å². The molecule has 0 atom stereocenters. The summed E-state index contributed by atoms with van der Waals surface area (Å²) in [5, 5.41) is 0.928. The quantitative estimate of drug-likeness (QED) is 0.683. The zero-order chi connectivity index (χ0) is 12.5. The molecule has 0 unspecified atom stereocenters. The Labute approximate surface area is 116 Å². The maximum atomic E-state index is 12.1. The fourth-order valence-corrected chi connectivity index (χ4v) is 2.80. The van der Waals surface area contributed by atoms with Crippen molar-refractivity contribution < 1.29 is 9.21 Å². The highest BCUT2D eigenvalue weighted by atomic mass is 79.9. The number of carbonyl (C=O) groups excluding carboxylic acids is 1. The van der Waals surface area contributed by atoms with Gasteiger partial charge in [-0.05, 0) is 28.1 Å². The van der Waals surface area contributed by atoms with Crippen LogP contribution in [0.5, 0.6) is 0 Å². The molecule has 0 radical (unpaired) electrons. The number of hydrogen-bond donors (Lipinski definition) is 0. The molecule has 0 aliphatic heterocycles. The molecule has 0 aliphatic rings. The van der Waals surface area contributed by atoms with Gasteiger partial charge in [-0.1, -0.05) is 12.1 Å². The average molecular weight is 322 g/mol. The second-order valence-electron chi connectivity index (χ2n) is 3.84. The topological polar surface area (TPSA) is 43.1 Å². The minimum Gasteiger partial charge on any atom is -0.452 e. The average Bonchev–Trinajstić information content (AvgIpc) is 2.97. The van der Waals surface area contributed by atoms with Gasteiger partial charge in [0.05, 0.1) is 16.4 Å². The van der Waals surface area contributed by atoms with Gasteiger partial charge in [0.2, 0.25) is 5.78 Å². The third-order valence-corrected chi connectivity index (χ3v) is 3.99. The highest BCUT2D eigenvalue weighted by Crippen LogP contribution is 2.27. The summed E-state index contributed by atoms with van der Waals surface area (Å²) in [6, 6.07) is 7.51. The Morgan fingerprint density at radius 2 is 2.33 bits per heavy atom. The summed E-state index contributed by atoms with van der Waals surface area (Å²) in [6.45, 7) is 0. The molecule has 18 heavy (non-hydrogen) atoms. The molecule has 90 valence electrons. The van der Waals surface area contributed by atoms with E-state index in [-0.39, 0.29) is 5.78 Å². The maximum absolute atomic E-state index is 12.1. The van der Waals surface area contributed by atoms with Crippen LogP contribution in [0.1, 0.15) is 15.4 Å². The molecule has 0 amide bonds. The Bertz CT molecular complexity index is 703. The Balaban J connectivity index is 1.94. The highest BCUT2D eigenvalue weighted by molar-refractivity contribution is 9.10. The molecule has 0 saturated carbocycles. The first-order valence-corrected chi connectivity index (χ1v) is 7.00. The van der Waals surface area contributed by atoms with E-state index in [1.807, 2.05) is 18.2 Å². The molecule has 5 heteroatoms. The second kappa shape index (κ2) is 4.66.